The van der Waals surface area contributed by atoms with E-state index >= 15 is 0 Å². The van der Waals surface area contributed by atoms with Crippen molar-refractivity contribution in [1.82, 2.24) is 14.5 Å². The number of pyridine rings is 1. The monoisotopic (exact) mass is 274 g/mol. The number of likely N-dealkylation sites (tertiary alicyclic amines) is 1. The predicted octanol–water partition coefficient (Wildman–Crippen LogP) is 0.622. The molecule has 1 aliphatic rings. The Morgan fingerprint density at radius 3 is 3.00 bits per heavy atom. The number of rotatable bonds is 2. The molecule has 1 saturated heterocycles. The number of carbonyl (C=O) groups excluding carboxylic acids is 1. The summed E-state index contributed by atoms with van der Waals surface area (Å²) in [6.45, 7) is 0.782. The number of nitrogens with two attached hydrogens (primary N) is 1. The average Bonchev–Trinajstić information content (AvgIpc) is 2.93. The van der Waals surface area contributed by atoms with Crippen molar-refractivity contribution in [2.24, 2.45) is 5.73 Å². The number of carboxylic acid groups (broad SMARTS) is 1. The first-order valence-electron chi connectivity index (χ1n) is 6.31. The Bertz CT molecular complexity index is 694. The zero-order valence-electron chi connectivity index (χ0n) is 10.7. The molecule has 7 nitrogen and oxygen atoms in total. The van der Waals surface area contributed by atoms with Gasteiger partial charge in [0.1, 0.15) is 0 Å². The summed E-state index contributed by atoms with van der Waals surface area (Å²) in [5.74, 6) is -0.139. The van der Waals surface area contributed by atoms with E-state index < -0.39 is 12.1 Å². The van der Waals surface area contributed by atoms with Crippen LogP contribution in [0.4, 0.5) is 4.79 Å². The normalized spacial score (nSPS) is 18.9. The Labute approximate surface area is 114 Å². The van der Waals surface area contributed by atoms with Crippen molar-refractivity contribution in [2.45, 2.75) is 19.0 Å². The van der Waals surface area contributed by atoms with Crippen molar-refractivity contribution >= 4 is 23.0 Å². The van der Waals surface area contributed by atoms with Gasteiger partial charge in [-0.15, -0.1) is 0 Å². The summed E-state index contributed by atoms with van der Waals surface area (Å²) in [5, 5.41) is 9.35. The van der Waals surface area contributed by atoms with Crippen LogP contribution >= 0.6 is 0 Å². The fourth-order valence-electron chi connectivity index (χ4n) is 2.54. The second kappa shape index (κ2) is 4.61. The fourth-order valence-corrected chi connectivity index (χ4v) is 2.54. The second-order valence-electron chi connectivity index (χ2n) is 4.82. The van der Waals surface area contributed by atoms with Crippen LogP contribution in [0.2, 0.25) is 0 Å². The molecule has 7 heteroatoms. The van der Waals surface area contributed by atoms with E-state index in [-0.39, 0.29) is 12.5 Å². The molecule has 1 aliphatic heterocycles. The maximum absolute atomic E-state index is 11.8. The van der Waals surface area contributed by atoms with Gasteiger partial charge < -0.3 is 15.7 Å². The van der Waals surface area contributed by atoms with E-state index in [1.807, 2.05) is 0 Å². The van der Waals surface area contributed by atoms with Crippen LogP contribution in [-0.2, 0) is 11.3 Å². The van der Waals surface area contributed by atoms with Crippen LogP contribution in [0.25, 0.3) is 11.0 Å². The number of hydrogen-bond donors (Lipinski definition) is 2. The molecule has 3 rings (SSSR count). The fraction of sp³-hybridized carbons (Fsp3) is 0.308. The molecular formula is C13H14N4O3. The molecule has 3 heterocycles. The van der Waals surface area contributed by atoms with Crippen LogP contribution < -0.4 is 5.73 Å². The van der Waals surface area contributed by atoms with Gasteiger partial charge in [-0.3, -0.25) is 9.78 Å². The molecule has 0 saturated carbocycles. The highest BCUT2D eigenvalue weighted by molar-refractivity contribution is 5.88. The molecule has 1 fully saturated rings. The van der Waals surface area contributed by atoms with Crippen LogP contribution in [0.5, 0.6) is 0 Å². The number of nitrogens with zero attached hydrogens (tertiary/aromatic N) is 3. The first-order valence-corrected chi connectivity index (χ1v) is 6.31. The smallest absolute Gasteiger partial charge is 0.416 e. The lowest BCUT2D eigenvalue weighted by molar-refractivity contribution is -0.129. The zero-order valence-corrected chi connectivity index (χ0v) is 10.7. The molecule has 0 bridgehead atoms. The Hall–Kier alpha value is -2.41. The molecule has 104 valence electrons. The van der Waals surface area contributed by atoms with Crippen molar-refractivity contribution in [3.8, 4) is 0 Å². The molecular weight excluding hydrogens is 260 g/mol. The SMILES string of the molecule is N[C@H]1CCN(Cc2cc3ncccc3n2C(=O)O)C1=O. The molecule has 0 aromatic carbocycles. The van der Waals surface area contributed by atoms with Crippen LogP contribution in [0.3, 0.4) is 0 Å². The summed E-state index contributed by atoms with van der Waals surface area (Å²) < 4.78 is 1.17. The molecule has 2 aromatic rings. The quantitative estimate of drug-likeness (QED) is 0.836. The lowest BCUT2D eigenvalue weighted by atomic mass is 10.3. The number of aromatic nitrogens is 2. The molecule has 3 N–H and O–H groups in total. The number of fused-ring (bicyclic) bond motifs is 1. The van der Waals surface area contributed by atoms with Gasteiger partial charge in [0.15, 0.2) is 0 Å². The van der Waals surface area contributed by atoms with E-state index in [2.05, 4.69) is 4.98 Å². The predicted molar refractivity (Wildman–Crippen MR) is 71.2 cm³/mol. The lowest BCUT2D eigenvalue weighted by Gasteiger charge is -2.16. The van der Waals surface area contributed by atoms with Gasteiger partial charge in [-0.05, 0) is 24.6 Å². The maximum atomic E-state index is 11.8. The van der Waals surface area contributed by atoms with Gasteiger partial charge in [0.25, 0.3) is 0 Å². The standard InChI is InChI=1S/C13H14N4O3/c14-9-3-5-16(12(9)18)7-8-6-10-11(2-1-4-15-10)17(8)13(19)20/h1-2,4,6,9H,3,5,7,14H2,(H,19,20)/t9-/m0/s1. The summed E-state index contributed by atoms with van der Waals surface area (Å²) >= 11 is 0. The van der Waals surface area contributed by atoms with Gasteiger partial charge in [-0.1, -0.05) is 0 Å². The van der Waals surface area contributed by atoms with Crippen LogP contribution in [-0.4, -0.2) is 44.1 Å². The highest BCUT2D eigenvalue weighted by Gasteiger charge is 2.29. The van der Waals surface area contributed by atoms with E-state index in [0.29, 0.717) is 29.7 Å². The van der Waals surface area contributed by atoms with E-state index in [4.69, 9.17) is 5.73 Å². The Morgan fingerprint density at radius 2 is 2.35 bits per heavy atom. The third-order valence-corrected chi connectivity index (χ3v) is 3.53. The molecule has 1 atom stereocenters. The third-order valence-electron chi connectivity index (χ3n) is 3.53. The summed E-state index contributed by atoms with van der Waals surface area (Å²) in [5.41, 5.74) is 7.31. The van der Waals surface area contributed by atoms with E-state index in [1.54, 1.807) is 29.3 Å². The van der Waals surface area contributed by atoms with Crippen molar-refractivity contribution in [2.75, 3.05) is 6.54 Å². The van der Waals surface area contributed by atoms with Crippen LogP contribution in [0.15, 0.2) is 24.4 Å². The highest BCUT2D eigenvalue weighted by Crippen LogP contribution is 2.21. The molecule has 0 aliphatic carbocycles. The molecule has 20 heavy (non-hydrogen) atoms. The Kier molecular flexibility index (Phi) is 2.90. The summed E-state index contributed by atoms with van der Waals surface area (Å²) in [4.78, 5) is 29.0. The first-order chi connectivity index (χ1) is 9.58. The largest absolute Gasteiger partial charge is 0.464 e. The minimum absolute atomic E-state index is 0.139. The van der Waals surface area contributed by atoms with Gasteiger partial charge in [0.05, 0.1) is 29.3 Å². The number of amides is 1. The molecule has 0 unspecified atom stereocenters. The van der Waals surface area contributed by atoms with E-state index in [1.165, 1.54) is 4.57 Å². The second-order valence-corrected chi connectivity index (χ2v) is 4.82. The third kappa shape index (κ3) is 1.92. The maximum Gasteiger partial charge on any atom is 0.416 e. The zero-order chi connectivity index (χ0) is 14.3. The van der Waals surface area contributed by atoms with Crippen molar-refractivity contribution in [3.05, 3.63) is 30.1 Å². The molecule has 1 amide bonds. The van der Waals surface area contributed by atoms with Crippen molar-refractivity contribution in [1.29, 1.82) is 0 Å². The Balaban J connectivity index is 2.01. The topological polar surface area (TPSA) is 101 Å². The highest BCUT2D eigenvalue weighted by atomic mass is 16.4. The average molecular weight is 274 g/mol. The van der Waals surface area contributed by atoms with Gasteiger partial charge >= 0.3 is 6.09 Å². The first kappa shape index (κ1) is 12.6. The van der Waals surface area contributed by atoms with Crippen LogP contribution in [0.1, 0.15) is 12.1 Å². The van der Waals surface area contributed by atoms with Gasteiger partial charge in [0, 0.05) is 12.7 Å². The lowest BCUT2D eigenvalue weighted by Crippen LogP contribution is -2.34. The van der Waals surface area contributed by atoms with Crippen molar-refractivity contribution < 1.29 is 14.7 Å². The molecule has 0 spiro atoms. The van der Waals surface area contributed by atoms with Gasteiger partial charge in [0.2, 0.25) is 5.91 Å². The number of carbonyl (C=O) groups is 2. The van der Waals surface area contributed by atoms with Gasteiger partial charge in [-0.2, -0.15) is 0 Å². The minimum Gasteiger partial charge on any atom is -0.464 e. The van der Waals surface area contributed by atoms with E-state index in [0.717, 1.165) is 0 Å². The Morgan fingerprint density at radius 1 is 1.55 bits per heavy atom. The van der Waals surface area contributed by atoms with Gasteiger partial charge in [-0.25, -0.2) is 9.36 Å². The summed E-state index contributed by atoms with van der Waals surface area (Å²) in [6, 6.07) is 4.59. The number of hydrogen-bond acceptors (Lipinski definition) is 4. The van der Waals surface area contributed by atoms with E-state index in [9.17, 15) is 14.7 Å². The van der Waals surface area contributed by atoms with Crippen molar-refractivity contribution in [3.63, 3.8) is 0 Å². The molecule has 2 aromatic heterocycles. The van der Waals surface area contributed by atoms with Crippen LogP contribution in [0, 0.1) is 0 Å². The summed E-state index contributed by atoms with van der Waals surface area (Å²) in [6.07, 6.45) is 1.12. The molecule has 0 radical (unpaired) electrons. The summed E-state index contributed by atoms with van der Waals surface area (Å²) in [7, 11) is 0. The minimum atomic E-state index is -1.08.